The molecular formula is C14H10FI. The molecule has 1 unspecified atom stereocenters. The smallest absolute Gasteiger partial charge is 0.123 e. The standard InChI is InChI=1S/C14H10FI/c15-11-6-5-10-7-9-3-1-2-4-12(9)14(16)13(10)8-11/h1-6,8,14H,7H2. The van der Waals surface area contributed by atoms with Crippen molar-refractivity contribution in [2.24, 2.45) is 0 Å². The van der Waals surface area contributed by atoms with Crippen LogP contribution in [0.3, 0.4) is 0 Å². The van der Waals surface area contributed by atoms with Crippen molar-refractivity contribution in [3.05, 3.63) is 70.5 Å². The Bertz CT molecular complexity index is 548. The summed E-state index contributed by atoms with van der Waals surface area (Å²) in [6, 6.07) is 13.5. The molecule has 3 rings (SSSR count). The molecular weight excluding hydrogens is 314 g/mol. The largest absolute Gasteiger partial charge is 0.207 e. The maximum absolute atomic E-state index is 13.2. The summed E-state index contributed by atoms with van der Waals surface area (Å²) < 4.78 is 13.5. The molecule has 2 aromatic rings. The summed E-state index contributed by atoms with van der Waals surface area (Å²) in [7, 11) is 0. The average molecular weight is 324 g/mol. The molecule has 1 atom stereocenters. The van der Waals surface area contributed by atoms with Crippen LogP contribution in [0.5, 0.6) is 0 Å². The van der Waals surface area contributed by atoms with E-state index in [1.165, 1.54) is 16.7 Å². The van der Waals surface area contributed by atoms with E-state index >= 15 is 0 Å². The third-order valence-corrected chi connectivity index (χ3v) is 4.43. The first kappa shape index (κ1) is 10.3. The highest BCUT2D eigenvalue weighted by Crippen LogP contribution is 2.40. The lowest BCUT2D eigenvalue weighted by atomic mass is 9.86. The van der Waals surface area contributed by atoms with Crippen LogP contribution in [0.25, 0.3) is 0 Å². The molecule has 0 fully saturated rings. The van der Waals surface area contributed by atoms with Crippen LogP contribution in [-0.4, -0.2) is 0 Å². The summed E-state index contributed by atoms with van der Waals surface area (Å²) in [4.78, 5) is 0. The predicted octanol–water partition coefficient (Wildman–Crippen LogP) is 4.25. The average Bonchev–Trinajstić information content (AvgIpc) is 2.31. The molecule has 80 valence electrons. The van der Waals surface area contributed by atoms with Gasteiger partial charge in [0.1, 0.15) is 5.82 Å². The first-order valence-electron chi connectivity index (χ1n) is 5.26. The van der Waals surface area contributed by atoms with E-state index < -0.39 is 0 Å². The van der Waals surface area contributed by atoms with Gasteiger partial charge in [0.2, 0.25) is 0 Å². The molecule has 0 saturated heterocycles. The summed E-state index contributed by atoms with van der Waals surface area (Å²) in [5.41, 5.74) is 5.06. The van der Waals surface area contributed by atoms with Gasteiger partial charge in [-0.3, -0.25) is 0 Å². The van der Waals surface area contributed by atoms with E-state index in [1.807, 2.05) is 6.07 Å². The fourth-order valence-electron chi connectivity index (χ4n) is 2.28. The zero-order valence-electron chi connectivity index (χ0n) is 8.58. The van der Waals surface area contributed by atoms with Gasteiger partial charge < -0.3 is 0 Å². The molecule has 0 amide bonds. The van der Waals surface area contributed by atoms with E-state index in [-0.39, 0.29) is 9.74 Å². The lowest BCUT2D eigenvalue weighted by Gasteiger charge is -2.24. The zero-order valence-corrected chi connectivity index (χ0v) is 10.7. The number of hydrogen-bond acceptors (Lipinski definition) is 0. The Hall–Kier alpha value is -0.900. The van der Waals surface area contributed by atoms with Crippen LogP contribution >= 0.6 is 22.6 Å². The van der Waals surface area contributed by atoms with E-state index in [4.69, 9.17) is 0 Å². The molecule has 2 aromatic carbocycles. The van der Waals surface area contributed by atoms with Crippen molar-refractivity contribution in [2.45, 2.75) is 10.3 Å². The Morgan fingerprint density at radius 2 is 1.75 bits per heavy atom. The van der Waals surface area contributed by atoms with Gasteiger partial charge in [-0.1, -0.05) is 52.9 Å². The third-order valence-electron chi connectivity index (χ3n) is 3.09. The summed E-state index contributed by atoms with van der Waals surface area (Å²) >= 11 is 2.39. The lowest BCUT2D eigenvalue weighted by molar-refractivity contribution is 0.624. The normalized spacial score (nSPS) is 17.8. The Labute approximate surface area is 108 Å². The monoisotopic (exact) mass is 324 g/mol. The topological polar surface area (TPSA) is 0 Å². The van der Waals surface area contributed by atoms with E-state index in [0.29, 0.717) is 0 Å². The fourth-order valence-corrected chi connectivity index (χ4v) is 3.47. The molecule has 0 saturated carbocycles. The van der Waals surface area contributed by atoms with Crippen LogP contribution in [-0.2, 0) is 6.42 Å². The number of benzene rings is 2. The minimum absolute atomic E-state index is 0.139. The highest BCUT2D eigenvalue weighted by Gasteiger charge is 2.22. The lowest BCUT2D eigenvalue weighted by Crippen LogP contribution is -2.09. The number of hydrogen-bond donors (Lipinski definition) is 0. The van der Waals surface area contributed by atoms with Crippen LogP contribution in [0.4, 0.5) is 4.39 Å². The molecule has 0 nitrogen and oxygen atoms in total. The van der Waals surface area contributed by atoms with Crippen LogP contribution in [0, 0.1) is 5.82 Å². The minimum atomic E-state index is -0.139. The quantitative estimate of drug-likeness (QED) is 0.502. The maximum Gasteiger partial charge on any atom is 0.123 e. The van der Waals surface area contributed by atoms with Crippen molar-refractivity contribution in [1.82, 2.24) is 0 Å². The van der Waals surface area contributed by atoms with Crippen LogP contribution < -0.4 is 0 Å². The molecule has 1 aliphatic rings. The molecule has 0 aromatic heterocycles. The number of rotatable bonds is 0. The van der Waals surface area contributed by atoms with Gasteiger partial charge in [0.15, 0.2) is 0 Å². The summed E-state index contributed by atoms with van der Waals surface area (Å²) in [6.45, 7) is 0. The maximum atomic E-state index is 13.2. The van der Waals surface area contributed by atoms with E-state index in [2.05, 4.69) is 46.9 Å². The van der Waals surface area contributed by atoms with Gasteiger partial charge in [-0.25, -0.2) is 4.39 Å². The fraction of sp³-hybridized carbons (Fsp3) is 0.143. The van der Waals surface area contributed by atoms with E-state index in [1.54, 1.807) is 12.1 Å². The zero-order chi connectivity index (χ0) is 11.1. The van der Waals surface area contributed by atoms with Gasteiger partial charge in [-0.2, -0.15) is 0 Å². The summed E-state index contributed by atoms with van der Waals surface area (Å²) in [6.07, 6.45) is 0.922. The van der Waals surface area contributed by atoms with Crippen molar-refractivity contribution in [1.29, 1.82) is 0 Å². The minimum Gasteiger partial charge on any atom is -0.207 e. The van der Waals surface area contributed by atoms with Crippen molar-refractivity contribution < 1.29 is 4.39 Å². The van der Waals surface area contributed by atoms with Crippen molar-refractivity contribution in [2.75, 3.05) is 0 Å². The molecule has 1 aliphatic carbocycles. The number of fused-ring (bicyclic) bond motifs is 2. The first-order chi connectivity index (χ1) is 7.75. The van der Waals surface area contributed by atoms with Crippen LogP contribution in [0.2, 0.25) is 0 Å². The van der Waals surface area contributed by atoms with Crippen molar-refractivity contribution in [3.63, 3.8) is 0 Å². The molecule has 0 N–H and O–H groups in total. The molecule has 16 heavy (non-hydrogen) atoms. The Morgan fingerprint density at radius 1 is 1.00 bits per heavy atom. The molecule has 0 radical (unpaired) electrons. The summed E-state index contributed by atoms with van der Waals surface area (Å²) in [5, 5.41) is 0. The van der Waals surface area contributed by atoms with Crippen molar-refractivity contribution in [3.8, 4) is 0 Å². The van der Waals surface area contributed by atoms with Crippen molar-refractivity contribution >= 4 is 22.6 Å². The first-order valence-corrected chi connectivity index (χ1v) is 6.50. The van der Waals surface area contributed by atoms with Gasteiger partial charge in [0.05, 0.1) is 3.92 Å². The number of alkyl halides is 1. The molecule has 0 aliphatic heterocycles. The summed E-state index contributed by atoms with van der Waals surface area (Å²) in [5.74, 6) is -0.139. The van der Waals surface area contributed by atoms with Gasteiger partial charge in [0, 0.05) is 0 Å². The molecule has 2 heteroatoms. The van der Waals surface area contributed by atoms with Crippen LogP contribution in [0.1, 0.15) is 26.2 Å². The Kier molecular flexibility index (Phi) is 2.46. The number of halogens is 2. The van der Waals surface area contributed by atoms with Gasteiger partial charge in [-0.15, -0.1) is 0 Å². The molecule has 0 spiro atoms. The van der Waals surface area contributed by atoms with Gasteiger partial charge >= 0.3 is 0 Å². The van der Waals surface area contributed by atoms with E-state index in [9.17, 15) is 4.39 Å². The highest BCUT2D eigenvalue weighted by molar-refractivity contribution is 14.1. The Morgan fingerprint density at radius 3 is 2.62 bits per heavy atom. The van der Waals surface area contributed by atoms with Gasteiger partial charge in [-0.05, 0) is 40.8 Å². The predicted molar refractivity (Wildman–Crippen MR) is 71.5 cm³/mol. The molecule has 0 heterocycles. The Balaban J connectivity index is 2.19. The SMILES string of the molecule is Fc1ccc2c(c1)C(I)c1ccccc1C2. The third kappa shape index (κ3) is 1.56. The second-order valence-corrected chi connectivity index (χ2v) is 5.33. The highest BCUT2D eigenvalue weighted by atomic mass is 127. The van der Waals surface area contributed by atoms with Gasteiger partial charge in [0.25, 0.3) is 0 Å². The van der Waals surface area contributed by atoms with Crippen LogP contribution in [0.15, 0.2) is 42.5 Å². The second-order valence-electron chi connectivity index (χ2n) is 4.08. The second kappa shape index (κ2) is 3.84. The molecule has 0 bridgehead atoms. The van der Waals surface area contributed by atoms with E-state index in [0.717, 1.165) is 12.0 Å².